The Bertz CT molecular complexity index is 845. The molecule has 2 heterocycles. The van der Waals surface area contributed by atoms with Gasteiger partial charge in [-0.2, -0.15) is 0 Å². The minimum atomic E-state index is -0.737. The molecule has 0 aliphatic heterocycles. The molecule has 0 unspecified atom stereocenters. The number of hydrogen-bond acceptors (Lipinski definition) is 5. The Morgan fingerprint density at radius 1 is 1.05 bits per heavy atom. The van der Waals surface area contributed by atoms with E-state index in [1.807, 2.05) is 6.07 Å². The molecule has 1 aromatic carbocycles. The highest BCUT2D eigenvalue weighted by molar-refractivity contribution is 5.95. The second-order valence-corrected chi connectivity index (χ2v) is 4.51. The maximum Gasteiger partial charge on any atom is 0.345 e. The van der Waals surface area contributed by atoms with Gasteiger partial charge in [-0.25, -0.2) is 4.79 Å². The van der Waals surface area contributed by atoms with Gasteiger partial charge in [-0.1, -0.05) is 30.3 Å². The fourth-order valence-corrected chi connectivity index (χ4v) is 2.12. The van der Waals surface area contributed by atoms with Crippen LogP contribution in [0.3, 0.4) is 0 Å². The molecule has 3 rings (SSSR count). The highest BCUT2D eigenvalue weighted by atomic mass is 16.5. The molecule has 22 heavy (non-hydrogen) atoms. The average molecular weight is 296 g/mol. The predicted octanol–water partition coefficient (Wildman–Crippen LogP) is 3.35. The van der Waals surface area contributed by atoms with E-state index in [2.05, 4.69) is 4.74 Å². The van der Waals surface area contributed by atoms with Gasteiger partial charge < -0.3 is 13.6 Å². The van der Waals surface area contributed by atoms with E-state index in [0.29, 0.717) is 11.3 Å². The lowest BCUT2D eigenvalue weighted by molar-refractivity contribution is 0.0598. The van der Waals surface area contributed by atoms with Gasteiger partial charge >= 0.3 is 5.97 Å². The molecule has 0 saturated carbocycles. The summed E-state index contributed by atoms with van der Waals surface area (Å²) in [5.74, 6) is 0.0807. The quantitative estimate of drug-likeness (QED) is 0.693. The van der Waals surface area contributed by atoms with Crippen LogP contribution in [-0.2, 0) is 4.74 Å². The van der Waals surface area contributed by atoms with Crippen molar-refractivity contribution in [3.63, 3.8) is 0 Å². The van der Waals surface area contributed by atoms with Gasteiger partial charge in [0.05, 0.1) is 13.4 Å². The molecule has 0 radical (unpaired) electrons. The van der Waals surface area contributed by atoms with Crippen molar-refractivity contribution in [2.24, 2.45) is 0 Å². The second kappa shape index (κ2) is 5.73. The normalized spacial score (nSPS) is 10.4. The SMILES string of the molecule is COC(=O)c1c(-c2ccccc2)oc(-c2ccco2)cc1=O. The summed E-state index contributed by atoms with van der Waals surface area (Å²) in [6.07, 6.45) is 1.48. The largest absolute Gasteiger partial charge is 0.465 e. The van der Waals surface area contributed by atoms with E-state index in [-0.39, 0.29) is 17.1 Å². The lowest BCUT2D eigenvalue weighted by Gasteiger charge is -2.08. The summed E-state index contributed by atoms with van der Waals surface area (Å²) in [5.41, 5.74) is -0.0132. The first-order chi connectivity index (χ1) is 10.7. The number of ether oxygens (including phenoxy) is 1. The molecular weight excluding hydrogens is 284 g/mol. The van der Waals surface area contributed by atoms with Crippen LogP contribution in [0.15, 0.2) is 68.4 Å². The van der Waals surface area contributed by atoms with Gasteiger partial charge in [-0.15, -0.1) is 0 Å². The third-order valence-corrected chi connectivity index (χ3v) is 3.14. The van der Waals surface area contributed by atoms with Crippen LogP contribution in [0.25, 0.3) is 22.8 Å². The van der Waals surface area contributed by atoms with Crippen molar-refractivity contribution in [1.82, 2.24) is 0 Å². The predicted molar refractivity (Wildman–Crippen MR) is 79.5 cm³/mol. The number of rotatable bonds is 3. The van der Waals surface area contributed by atoms with Crippen molar-refractivity contribution in [3.05, 3.63) is 70.6 Å². The zero-order valence-electron chi connectivity index (χ0n) is 11.7. The molecule has 0 fully saturated rings. The van der Waals surface area contributed by atoms with Crippen LogP contribution in [0.4, 0.5) is 0 Å². The Morgan fingerprint density at radius 3 is 2.45 bits per heavy atom. The molecule has 3 aromatic rings. The van der Waals surface area contributed by atoms with Gasteiger partial charge in [0, 0.05) is 11.6 Å². The van der Waals surface area contributed by atoms with Crippen molar-refractivity contribution < 1.29 is 18.4 Å². The summed E-state index contributed by atoms with van der Waals surface area (Å²) in [6, 6.07) is 13.5. The maximum absolute atomic E-state index is 12.3. The first-order valence-corrected chi connectivity index (χ1v) is 6.56. The number of methoxy groups -OCH3 is 1. The molecule has 5 nitrogen and oxygen atoms in total. The molecule has 0 saturated heterocycles. The molecular formula is C17H12O5. The summed E-state index contributed by atoms with van der Waals surface area (Å²) in [5, 5.41) is 0. The van der Waals surface area contributed by atoms with Gasteiger partial charge in [0.2, 0.25) is 5.43 Å². The van der Waals surface area contributed by atoms with Gasteiger partial charge in [-0.3, -0.25) is 4.79 Å². The lowest BCUT2D eigenvalue weighted by Crippen LogP contribution is -2.17. The highest BCUT2D eigenvalue weighted by Gasteiger charge is 2.22. The highest BCUT2D eigenvalue weighted by Crippen LogP contribution is 2.28. The molecule has 0 amide bonds. The first kappa shape index (κ1) is 13.9. The summed E-state index contributed by atoms with van der Waals surface area (Å²) < 4.78 is 15.7. The molecule has 0 spiro atoms. The Kier molecular flexibility index (Phi) is 3.62. The van der Waals surface area contributed by atoms with E-state index in [0.717, 1.165) is 0 Å². The van der Waals surface area contributed by atoms with Crippen molar-refractivity contribution >= 4 is 5.97 Å². The Morgan fingerprint density at radius 2 is 1.82 bits per heavy atom. The van der Waals surface area contributed by atoms with E-state index in [1.165, 1.54) is 19.4 Å². The Balaban J connectivity index is 2.28. The zero-order chi connectivity index (χ0) is 15.5. The molecule has 110 valence electrons. The summed E-state index contributed by atoms with van der Waals surface area (Å²) in [6.45, 7) is 0. The lowest BCUT2D eigenvalue weighted by atomic mass is 10.1. The van der Waals surface area contributed by atoms with Crippen molar-refractivity contribution in [1.29, 1.82) is 0 Å². The van der Waals surface area contributed by atoms with E-state index >= 15 is 0 Å². The smallest absolute Gasteiger partial charge is 0.345 e. The Labute approximate surface area is 125 Å². The number of esters is 1. The number of hydrogen-bond donors (Lipinski definition) is 0. The molecule has 0 N–H and O–H groups in total. The van der Waals surface area contributed by atoms with Crippen LogP contribution in [0.5, 0.6) is 0 Å². The van der Waals surface area contributed by atoms with Gasteiger partial charge in [0.15, 0.2) is 22.8 Å². The number of furan rings is 1. The summed E-state index contributed by atoms with van der Waals surface area (Å²) >= 11 is 0. The zero-order valence-corrected chi connectivity index (χ0v) is 11.7. The van der Waals surface area contributed by atoms with Gasteiger partial charge in [0.1, 0.15) is 0 Å². The second-order valence-electron chi connectivity index (χ2n) is 4.51. The molecule has 5 heteroatoms. The van der Waals surface area contributed by atoms with Crippen LogP contribution >= 0.6 is 0 Å². The van der Waals surface area contributed by atoms with Crippen molar-refractivity contribution in [3.8, 4) is 22.8 Å². The van der Waals surface area contributed by atoms with Crippen molar-refractivity contribution in [2.45, 2.75) is 0 Å². The minimum Gasteiger partial charge on any atom is -0.465 e. The third-order valence-electron chi connectivity index (χ3n) is 3.14. The van der Waals surface area contributed by atoms with Gasteiger partial charge in [0.25, 0.3) is 0 Å². The molecule has 2 aromatic heterocycles. The van der Waals surface area contributed by atoms with Crippen molar-refractivity contribution in [2.75, 3.05) is 7.11 Å². The molecule has 0 bridgehead atoms. The molecule has 0 aliphatic carbocycles. The van der Waals surface area contributed by atoms with E-state index in [9.17, 15) is 9.59 Å². The third kappa shape index (κ3) is 2.44. The van der Waals surface area contributed by atoms with Crippen LogP contribution in [-0.4, -0.2) is 13.1 Å². The Hall–Kier alpha value is -3.08. The van der Waals surface area contributed by atoms with Crippen LogP contribution in [0.2, 0.25) is 0 Å². The first-order valence-electron chi connectivity index (χ1n) is 6.56. The summed E-state index contributed by atoms with van der Waals surface area (Å²) in [7, 11) is 1.22. The monoisotopic (exact) mass is 296 g/mol. The molecule has 0 aliphatic rings. The number of benzene rings is 1. The van der Waals surface area contributed by atoms with Crippen LogP contribution in [0.1, 0.15) is 10.4 Å². The fourth-order valence-electron chi connectivity index (χ4n) is 2.12. The van der Waals surface area contributed by atoms with Gasteiger partial charge in [-0.05, 0) is 12.1 Å². The minimum absolute atomic E-state index is 0.135. The standard InChI is InChI=1S/C17H12O5/c1-20-17(19)15-12(18)10-14(13-8-5-9-21-13)22-16(15)11-6-3-2-4-7-11/h2-10H,1H3. The van der Waals surface area contributed by atoms with E-state index < -0.39 is 11.4 Å². The topological polar surface area (TPSA) is 69.7 Å². The van der Waals surface area contributed by atoms with E-state index in [1.54, 1.807) is 36.4 Å². The maximum atomic E-state index is 12.3. The van der Waals surface area contributed by atoms with E-state index in [4.69, 9.17) is 8.83 Å². The number of carbonyl (C=O) groups excluding carboxylic acids is 1. The fraction of sp³-hybridized carbons (Fsp3) is 0.0588. The average Bonchev–Trinajstić information content (AvgIpc) is 3.08. The summed E-state index contributed by atoms with van der Waals surface area (Å²) in [4.78, 5) is 24.2. The van der Waals surface area contributed by atoms with Crippen LogP contribution < -0.4 is 5.43 Å². The molecule has 0 atom stereocenters. The number of carbonyl (C=O) groups is 1. The van der Waals surface area contributed by atoms with Crippen LogP contribution in [0, 0.1) is 0 Å².